The van der Waals surface area contributed by atoms with Gasteiger partial charge in [-0.1, -0.05) is 42.5 Å². The summed E-state index contributed by atoms with van der Waals surface area (Å²) >= 11 is 0. The van der Waals surface area contributed by atoms with Gasteiger partial charge in [-0.05, 0) is 36.3 Å². The highest BCUT2D eigenvalue weighted by Gasteiger charge is 2.09. The zero-order valence-corrected chi connectivity index (χ0v) is 11.2. The van der Waals surface area contributed by atoms with E-state index in [9.17, 15) is 9.90 Å². The Kier molecular flexibility index (Phi) is 4.56. The molecule has 0 unspecified atom stereocenters. The van der Waals surface area contributed by atoms with Crippen molar-refractivity contribution in [2.24, 2.45) is 0 Å². The second kappa shape index (κ2) is 6.57. The van der Waals surface area contributed by atoms with Gasteiger partial charge in [-0.3, -0.25) is 0 Å². The van der Waals surface area contributed by atoms with Crippen LogP contribution < -0.4 is 4.74 Å². The van der Waals surface area contributed by atoms with Gasteiger partial charge in [0.15, 0.2) is 0 Å². The normalized spacial score (nSPS) is 11.2. The van der Waals surface area contributed by atoms with Gasteiger partial charge in [0.25, 0.3) is 0 Å². The van der Waals surface area contributed by atoms with Crippen molar-refractivity contribution < 1.29 is 14.6 Å². The summed E-state index contributed by atoms with van der Waals surface area (Å²) in [5.41, 5.74) is 1.79. The lowest BCUT2D eigenvalue weighted by Gasteiger charge is -2.05. The van der Waals surface area contributed by atoms with Crippen LogP contribution in [-0.2, 0) is 4.79 Å². The van der Waals surface area contributed by atoms with Crippen molar-refractivity contribution in [2.75, 3.05) is 6.61 Å². The van der Waals surface area contributed by atoms with Crippen molar-refractivity contribution in [3.63, 3.8) is 0 Å². The number of hydrogen-bond donors (Lipinski definition) is 1. The van der Waals surface area contributed by atoms with E-state index in [0.29, 0.717) is 12.2 Å². The molecule has 0 radical (unpaired) electrons. The van der Waals surface area contributed by atoms with Crippen LogP contribution in [0.25, 0.3) is 11.6 Å². The average molecular weight is 268 g/mol. The van der Waals surface area contributed by atoms with E-state index in [1.165, 1.54) is 0 Å². The predicted molar refractivity (Wildman–Crippen MR) is 79.6 cm³/mol. The number of aliphatic carboxylic acids is 1. The third kappa shape index (κ3) is 3.48. The third-order valence-corrected chi connectivity index (χ3v) is 2.82. The van der Waals surface area contributed by atoms with Gasteiger partial charge in [0.05, 0.1) is 12.2 Å². The van der Waals surface area contributed by atoms with Crippen molar-refractivity contribution in [3.8, 4) is 5.75 Å². The van der Waals surface area contributed by atoms with Gasteiger partial charge in [0, 0.05) is 0 Å². The molecule has 3 heteroatoms. The molecule has 2 aromatic carbocycles. The smallest absolute Gasteiger partial charge is 0.336 e. The Bertz CT molecular complexity index is 598. The van der Waals surface area contributed by atoms with Crippen molar-refractivity contribution >= 4 is 17.6 Å². The molecule has 0 heterocycles. The number of benzene rings is 2. The zero-order valence-electron chi connectivity index (χ0n) is 11.2. The molecule has 0 aliphatic heterocycles. The Hall–Kier alpha value is -2.55. The highest BCUT2D eigenvalue weighted by molar-refractivity contribution is 6.20. The van der Waals surface area contributed by atoms with Crippen LogP contribution in [0.1, 0.15) is 18.1 Å². The van der Waals surface area contributed by atoms with E-state index in [2.05, 4.69) is 0 Å². The van der Waals surface area contributed by atoms with E-state index >= 15 is 0 Å². The fourth-order valence-corrected chi connectivity index (χ4v) is 1.88. The van der Waals surface area contributed by atoms with Crippen molar-refractivity contribution in [2.45, 2.75) is 6.92 Å². The molecular formula is C17H16O3. The number of rotatable bonds is 5. The molecule has 0 spiro atoms. The van der Waals surface area contributed by atoms with Crippen LogP contribution in [0.15, 0.2) is 54.6 Å². The second-order valence-corrected chi connectivity index (χ2v) is 4.23. The largest absolute Gasteiger partial charge is 0.494 e. The Morgan fingerprint density at radius 1 is 1.10 bits per heavy atom. The predicted octanol–water partition coefficient (Wildman–Crippen LogP) is 3.71. The maximum absolute atomic E-state index is 11.4. The molecule has 0 saturated heterocycles. The third-order valence-electron chi connectivity index (χ3n) is 2.82. The van der Waals surface area contributed by atoms with Gasteiger partial charge in [0.1, 0.15) is 5.75 Å². The summed E-state index contributed by atoms with van der Waals surface area (Å²) in [6, 6.07) is 16.4. The average Bonchev–Trinajstić information content (AvgIpc) is 2.47. The summed E-state index contributed by atoms with van der Waals surface area (Å²) in [6.45, 7) is 2.53. The maximum Gasteiger partial charge on any atom is 0.336 e. The molecule has 0 atom stereocenters. The lowest BCUT2D eigenvalue weighted by Crippen LogP contribution is -1.99. The second-order valence-electron chi connectivity index (χ2n) is 4.23. The summed E-state index contributed by atoms with van der Waals surface area (Å²) in [5, 5.41) is 9.33. The summed E-state index contributed by atoms with van der Waals surface area (Å²) in [7, 11) is 0. The molecule has 0 saturated carbocycles. The van der Waals surface area contributed by atoms with Crippen LogP contribution in [0.4, 0.5) is 0 Å². The molecule has 102 valence electrons. The fourth-order valence-electron chi connectivity index (χ4n) is 1.88. The van der Waals surface area contributed by atoms with Gasteiger partial charge in [0.2, 0.25) is 0 Å². The SMILES string of the molecule is CCOc1ccc(/C=C(\C(=O)O)c2ccccc2)cc1. The number of carboxylic acid groups (broad SMARTS) is 1. The van der Waals surface area contributed by atoms with E-state index in [-0.39, 0.29) is 5.57 Å². The van der Waals surface area contributed by atoms with Crippen LogP contribution in [0.3, 0.4) is 0 Å². The highest BCUT2D eigenvalue weighted by Crippen LogP contribution is 2.20. The summed E-state index contributed by atoms with van der Waals surface area (Å²) < 4.78 is 5.36. The highest BCUT2D eigenvalue weighted by atomic mass is 16.5. The van der Waals surface area contributed by atoms with Crippen molar-refractivity contribution in [1.29, 1.82) is 0 Å². The first-order chi connectivity index (χ1) is 9.70. The molecule has 1 N–H and O–H groups in total. The fraction of sp³-hybridized carbons (Fsp3) is 0.118. The quantitative estimate of drug-likeness (QED) is 0.664. The van der Waals surface area contributed by atoms with Crippen molar-refractivity contribution in [3.05, 3.63) is 65.7 Å². The molecule has 2 rings (SSSR count). The van der Waals surface area contributed by atoms with Crippen LogP contribution >= 0.6 is 0 Å². The lowest BCUT2D eigenvalue weighted by atomic mass is 10.0. The standard InChI is InChI=1S/C17H16O3/c1-2-20-15-10-8-13(9-11-15)12-16(17(18)19)14-6-4-3-5-7-14/h3-12H,2H2,1H3,(H,18,19)/b16-12-. The Morgan fingerprint density at radius 2 is 1.75 bits per heavy atom. The molecule has 0 amide bonds. The van der Waals surface area contributed by atoms with Gasteiger partial charge >= 0.3 is 5.97 Å². The molecule has 20 heavy (non-hydrogen) atoms. The van der Waals surface area contributed by atoms with Crippen LogP contribution in [0.2, 0.25) is 0 Å². The monoisotopic (exact) mass is 268 g/mol. The first-order valence-corrected chi connectivity index (χ1v) is 6.44. The molecule has 0 fully saturated rings. The summed E-state index contributed by atoms with van der Waals surface area (Å²) in [4.78, 5) is 11.4. The van der Waals surface area contributed by atoms with E-state index in [1.54, 1.807) is 18.2 Å². The van der Waals surface area contributed by atoms with E-state index in [1.807, 2.05) is 49.4 Å². The van der Waals surface area contributed by atoms with E-state index in [4.69, 9.17) is 4.74 Å². The van der Waals surface area contributed by atoms with E-state index in [0.717, 1.165) is 11.3 Å². The minimum absolute atomic E-state index is 0.273. The molecular weight excluding hydrogens is 252 g/mol. The summed E-state index contributed by atoms with van der Waals surface area (Å²) in [6.07, 6.45) is 1.66. The van der Waals surface area contributed by atoms with Gasteiger partial charge < -0.3 is 9.84 Å². The lowest BCUT2D eigenvalue weighted by molar-refractivity contribution is -0.130. The van der Waals surface area contributed by atoms with Crippen molar-refractivity contribution in [1.82, 2.24) is 0 Å². The Labute approximate surface area is 118 Å². The minimum Gasteiger partial charge on any atom is -0.494 e. The van der Waals surface area contributed by atoms with Crippen LogP contribution in [0.5, 0.6) is 5.75 Å². The van der Waals surface area contributed by atoms with Gasteiger partial charge in [-0.25, -0.2) is 4.79 Å². The van der Waals surface area contributed by atoms with E-state index < -0.39 is 5.97 Å². The zero-order chi connectivity index (χ0) is 14.4. The molecule has 0 aliphatic carbocycles. The number of carboxylic acids is 1. The molecule has 2 aromatic rings. The number of ether oxygens (including phenoxy) is 1. The molecule has 0 aliphatic rings. The topological polar surface area (TPSA) is 46.5 Å². The first kappa shape index (κ1) is 13.9. The van der Waals surface area contributed by atoms with Gasteiger partial charge in [-0.15, -0.1) is 0 Å². The number of carbonyl (C=O) groups is 1. The van der Waals surface area contributed by atoms with Crippen LogP contribution in [-0.4, -0.2) is 17.7 Å². The first-order valence-electron chi connectivity index (χ1n) is 6.44. The minimum atomic E-state index is -0.940. The molecule has 0 bridgehead atoms. The molecule has 0 aromatic heterocycles. The summed E-state index contributed by atoms with van der Waals surface area (Å²) in [5.74, 6) is -0.161. The van der Waals surface area contributed by atoms with Gasteiger partial charge in [-0.2, -0.15) is 0 Å². The maximum atomic E-state index is 11.4. The van der Waals surface area contributed by atoms with Crippen LogP contribution in [0, 0.1) is 0 Å². The number of hydrogen-bond acceptors (Lipinski definition) is 2. The Balaban J connectivity index is 2.32. The molecule has 3 nitrogen and oxygen atoms in total. The Morgan fingerprint density at radius 3 is 2.30 bits per heavy atom.